The maximum absolute atomic E-state index is 12.6. The average molecular weight is 324 g/mol. The normalized spacial score (nSPS) is 11.3. The van der Waals surface area contributed by atoms with Crippen molar-refractivity contribution in [3.05, 3.63) is 72.8 Å². The maximum atomic E-state index is 12.6. The van der Waals surface area contributed by atoms with Gasteiger partial charge in [0, 0.05) is 11.4 Å². The summed E-state index contributed by atoms with van der Waals surface area (Å²) in [5.41, 5.74) is 14.4. The predicted octanol–water partition coefficient (Wildman–Crippen LogP) is 3.35. The average Bonchev–Trinajstić information content (AvgIpc) is 2.56. The number of nitrogen functional groups attached to an aromatic ring is 2. The molecule has 5 heteroatoms. The van der Waals surface area contributed by atoms with E-state index in [2.05, 4.69) is 0 Å². The van der Waals surface area contributed by atoms with Gasteiger partial charge in [0.2, 0.25) is 9.84 Å². The van der Waals surface area contributed by atoms with Gasteiger partial charge in [0.1, 0.15) is 0 Å². The SMILES string of the molecule is Nc1ccc(-c2ccc(S(=O)(=O)c3ccc(N)cc3)cc2)cc1. The van der Waals surface area contributed by atoms with E-state index in [1.54, 1.807) is 36.4 Å². The molecule has 4 nitrogen and oxygen atoms in total. The number of hydrogen-bond acceptors (Lipinski definition) is 4. The molecular weight excluding hydrogens is 308 g/mol. The van der Waals surface area contributed by atoms with Crippen LogP contribution in [0.15, 0.2) is 82.6 Å². The van der Waals surface area contributed by atoms with Gasteiger partial charge in [-0.3, -0.25) is 0 Å². The second-order valence-corrected chi connectivity index (χ2v) is 7.17. The number of anilines is 2. The van der Waals surface area contributed by atoms with Gasteiger partial charge in [0.25, 0.3) is 0 Å². The van der Waals surface area contributed by atoms with Crippen molar-refractivity contribution >= 4 is 21.2 Å². The summed E-state index contributed by atoms with van der Waals surface area (Å²) in [7, 11) is -3.54. The van der Waals surface area contributed by atoms with E-state index in [9.17, 15) is 8.42 Å². The fourth-order valence-corrected chi connectivity index (χ4v) is 3.55. The van der Waals surface area contributed by atoms with Gasteiger partial charge in [0.15, 0.2) is 0 Å². The van der Waals surface area contributed by atoms with Crippen molar-refractivity contribution in [2.75, 3.05) is 11.5 Å². The van der Waals surface area contributed by atoms with E-state index in [-0.39, 0.29) is 9.79 Å². The van der Waals surface area contributed by atoms with Crippen molar-refractivity contribution < 1.29 is 8.42 Å². The molecule has 3 aromatic carbocycles. The standard InChI is InChI=1S/C18H16N2O2S/c19-15-5-1-13(2-6-15)14-3-9-17(10-4-14)23(21,22)18-11-7-16(20)8-12-18/h1-12H,19-20H2. The Morgan fingerprint density at radius 3 is 1.26 bits per heavy atom. The molecule has 4 N–H and O–H groups in total. The Labute approximate surface area is 135 Å². The summed E-state index contributed by atoms with van der Waals surface area (Å²) in [6.45, 7) is 0. The zero-order chi connectivity index (χ0) is 16.4. The lowest BCUT2D eigenvalue weighted by Gasteiger charge is -2.07. The predicted molar refractivity (Wildman–Crippen MR) is 92.6 cm³/mol. The fraction of sp³-hybridized carbons (Fsp3) is 0. The van der Waals surface area contributed by atoms with Gasteiger partial charge in [-0.25, -0.2) is 8.42 Å². The summed E-state index contributed by atoms with van der Waals surface area (Å²) in [5, 5.41) is 0. The minimum atomic E-state index is -3.54. The van der Waals surface area contributed by atoms with E-state index < -0.39 is 9.84 Å². The van der Waals surface area contributed by atoms with Crippen LogP contribution in [0.25, 0.3) is 11.1 Å². The molecule has 0 fully saturated rings. The Bertz CT molecular complexity index is 914. The van der Waals surface area contributed by atoms with Crippen LogP contribution < -0.4 is 11.5 Å². The van der Waals surface area contributed by atoms with Crippen LogP contribution in [0.1, 0.15) is 0 Å². The number of nitrogens with two attached hydrogens (primary N) is 2. The summed E-state index contributed by atoms with van der Waals surface area (Å²) in [5.74, 6) is 0. The van der Waals surface area contributed by atoms with Crippen molar-refractivity contribution in [2.45, 2.75) is 9.79 Å². The second-order valence-electron chi connectivity index (χ2n) is 5.22. The van der Waals surface area contributed by atoms with Crippen LogP contribution in [0.2, 0.25) is 0 Å². The fourth-order valence-electron chi connectivity index (χ4n) is 2.29. The highest BCUT2D eigenvalue weighted by molar-refractivity contribution is 7.91. The van der Waals surface area contributed by atoms with Gasteiger partial charge < -0.3 is 11.5 Å². The van der Waals surface area contributed by atoms with Crippen LogP contribution in [-0.2, 0) is 9.84 Å². The van der Waals surface area contributed by atoms with Crippen LogP contribution in [0, 0.1) is 0 Å². The summed E-state index contributed by atoms with van der Waals surface area (Å²) < 4.78 is 25.2. The van der Waals surface area contributed by atoms with E-state index in [1.165, 1.54) is 12.1 Å². The first-order valence-electron chi connectivity index (χ1n) is 7.03. The smallest absolute Gasteiger partial charge is 0.206 e. The summed E-state index contributed by atoms with van der Waals surface area (Å²) >= 11 is 0. The van der Waals surface area contributed by atoms with Crippen molar-refractivity contribution in [3.63, 3.8) is 0 Å². The van der Waals surface area contributed by atoms with Crippen LogP contribution in [0.3, 0.4) is 0 Å². The molecule has 0 aliphatic carbocycles. The van der Waals surface area contributed by atoms with E-state index in [0.29, 0.717) is 11.4 Å². The molecule has 0 amide bonds. The van der Waals surface area contributed by atoms with E-state index >= 15 is 0 Å². The molecule has 3 aromatic rings. The zero-order valence-corrected chi connectivity index (χ0v) is 13.1. The van der Waals surface area contributed by atoms with Gasteiger partial charge >= 0.3 is 0 Å². The first-order chi connectivity index (χ1) is 11.0. The quantitative estimate of drug-likeness (QED) is 0.723. The molecular formula is C18H16N2O2S. The monoisotopic (exact) mass is 324 g/mol. The highest BCUT2D eigenvalue weighted by Gasteiger charge is 2.17. The molecule has 116 valence electrons. The van der Waals surface area contributed by atoms with E-state index in [4.69, 9.17) is 11.5 Å². The van der Waals surface area contributed by atoms with Crippen molar-refractivity contribution in [1.82, 2.24) is 0 Å². The molecule has 0 unspecified atom stereocenters. The largest absolute Gasteiger partial charge is 0.399 e. The Morgan fingerprint density at radius 1 is 0.522 bits per heavy atom. The van der Waals surface area contributed by atoms with Gasteiger partial charge in [-0.1, -0.05) is 24.3 Å². The minimum Gasteiger partial charge on any atom is -0.399 e. The Hall–Kier alpha value is -2.79. The van der Waals surface area contributed by atoms with Gasteiger partial charge in [-0.05, 0) is 59.7 Å². The Kier molecular flexibility index (Phi) is 3.80. The highest BCUT2D eigenvalue weighted by Crippen LogP contribution is 2.26. The van der Waals surface area contributed by atoms with Crippen LogP contribution in [0.4, 0.5) is 11.4 Å². The molecule has 0 aromatic heterocycles. The second kappa shape index (κ2) is 5.78. The molecule has 3 rings (SSSR count). The molecule has 0 aliphatic heterocycles. The first-order valence-corrected chi connectivity index (χ1v) is 8.52. The third kappa shape index (κ3) is 3.05. The summed E-state index contributed by atoms with van der Waals surface area (Å²) in [4.78, 5) is 0.480. The number of rotatable bonds is 3. The summed E-state index contributed by atoms with van der Waals surface area (Å²) in [6, 6.07) is 20.4. The number of sulfone groups is 1. The first kappa shape index (κ1) is 15.1. The Morgan fingerprint density at radius 2 is 0.826 bits per heavy atom. The molecule has 23 heavy (non-hydrogen) atoms. The number of hydrogen-bond donors (Lipinski definition) is 2. The molecule has 0 atom stereocenters. The van der Waals surface area contributed by atoms with Gasteiger partial charge in [-0.2, -0.15) is 0 Å². The van der Waals surface area contributed by atoms with E-state index in [0.717, 1.165) is 11.1 Å². The third-order valence-electron chi connectivity index (χ3n) is 3.60. The minimum absolute atomic E-state index is 0.229. The van der Waals surface area contributed by atoms with Crippen molar-refractivity contribution in [2.24, 2.45) is 0 Å². The lowest BCUT2D eigenvalue weighted by molar-refractivity contribution is 0.596. The summed E-state index contributed by atoms with van der Waals surface area (Å²) in [6.07, 6.45) is 0. The van der Waals surface area contributed by atoms with Crippen molar-refractivity contribution in [1.29, 1.82) is 0 Å². The molecule has 0 aliphatic rings. The maximum Gasteiger partial charge on any atom is 0.206 e. The number of benzene rings is 3. The Balaban J connectivity index is 1.95. The molecule has 0 radical (unpaired) electrons. The van der Waals surface area contributed by atoms with Crippen LogP contribution >= 0.6 is 0 Å². The van der Waals surface area contributed by atoms with Crippen molar-refractivity contribution in [3.8, 4) is 11.1 Å². The van der Waals surface area contributed by atoms with Crippen LogP contribution in [-0.4, -0.2) is 8.42 Å². The lowest BCUT2D eigenvalue weighted by Crippen LogP contribution is -2.02. The highest BCUT2D eigenvalue weighted by atomic mass is 32.2. The molecule has 0 saturated heterocycles. The van der Waals surface area contributed by atoms with Crippen LogP contribution in [0.5, 0.6) is 0 Å². The third-order valence-corrected chi connectivity index (χ3v) is 5.38. The molecule has 0 saturated carbocycles. The topological polar surface area (TPSA) is 86.2 Å². The lowest BCUT2D eigenvalue weighted by atomic mass is 10.1. The van der Waals surface area contributed by atoms with E-state index in [1.807, 2.05) is 24.3 Å². The molecule has 0 spiro atoms. The van der Waals surface area contributed by atoms with Gasteiger partial charge in [0.05, 0.1) is 9.79 Å². The molecule has 0 heterocycles. The molecule has 0 bridgehead atoms. The van der Waals surface area contributed by atoms with Gasteiger partial charge in [-0.15, -0.1) is 0 Å². The zero-order valence-electron chi connectivity index (χ0n) is 12.3.